The number of hydrogen-bond donors (Lipinski definition) is 1. The molecule has 0 fully saturated rings. The zero-order valence-electron chi connectivity index (χ0n) is 19.2. The Morgan fingerprint density at radius 1 is 0.625 bits per heavy atom. The van der Waals surface area contributed by atoms with Gasteiger partial charge in [0, 0.05) is 10.5 Å². The lowest BCUT2D eigenvalue weighted by Gasteiger charge is -2.03. The van der Waals surface area contributed by atoms with Crippen molar-refractivity contribution < 1.29 is 14.0 Å². The second-order valence-corrected chi connectivity index (χ2v) is 7.10. The summed E-state index contributed by atoms with van der Waals surface area (Å²) < 4.78 is 22.4. The van der Waals surface area contributed by atoms with Crippen LogP contribution in [0.4, 0.5) is 0 Å². The van der Waals surface area contributed by atoms with E-state index in [0.717, 1.165) is 19.3 Å². The van der Waals surface area contributed by atoms with Crippen LogP contribution in [-0.4, -0.2) is 11.1 Å². The molecule has 2 heteroatoms. The highest BCUT2D eigenvalue weighted by Crippen LogP contribution is 2.14. The minimum Gasteiger partial charge on any atom is -0.481 e. The molecule has 0 rings (SSSR count). The minimum atomic E-state index is -2.42. The molecule has 1 N–H and O–H groups in total. The molecule has 0 bridgehead atoms. The molecule has 0 aliphatic heterocycles. The Balaban J connectivity index is 3.24. The van der Waals surface area contributed by atoms with Gasteiger partial charge < -0.3 is 5.11 Å². The molecular weight excluding hydrogens is 296 g/mol. The predicted octanol–water partition coefficient (Wildman–Crippen LogP) is 7.89. The van der Waals surface area contributed by atoms with Gasteiger partial charge in [-0.2, -0.15) is 0 Å². The van der Waals surface area contributed by atoms with E-state index >= 15 is 0 Å². The summed E-state index contributed by atoms with van der Waals surface area (Å²) in [4.78, 5) is 10.7. The fraction of sp³-hybridized carbons (Fsp3) is 0.955. The molecule has 0 amide bonds. The molecule has 0 aromatic heterocycles. The van der Waals surface area contributed by atoms with Crippen molar-refractivity contribution in [2.75, 3.05) is 0 Å². The van der Waals surface area contributed by atoms with Crippen molar-refractivity contribution in [1.82, 2.24) is 0 Å². The van der Waals surface area contributed by atoms with Gasteiger partial charge in [-0.3, -0.25) is 4.79 Å². The highest BCUT2D eigenvalue weighted by Gasteiger charge is 1.97. The summed E-state index contributed by atoms with van der Waals surface area (Å²) in [5.74, 6) is -1.52. The number of carbonyl (C=O) groups is 1. The van der Waals surface area contributed by atoms with Gasteiger partial charge in [-0.25, -0.2) is 0 Å². The van der Waals surface area contributed by atoms with Gasteiger partial charge in [0.2, 0.25) is 0 Å². The summed E-state index contributed by atoms with van der Waals surface area (Å²) in [6.45, 7) is 2.26. The average Bonchev–Trinajstić information content (AvgIpc) is 2.63. The predicted molar refractivity (Wildman–Crippen MR) is 106 cm³/mol. The Bertz CT molecular complexity index is 348. The number of hydrogen-bond acceptors (Lipinski definition) is 1. The molecule has 1 atom stereocenters. The molecule has 0 aromatic rings. The highest BCUT2D eigenvalue weighted by molar-refractivity contribution is 5.66. The van der Waals surface area contributed by atoms with Crippen LogP contribution >= 0.6 is 0 Å². The van der Waals surface area contributed by atoms with Crippen LogP contribution < -0.4 is 0 Å². The lowest BCUT2D eigenvalue weighted by Crippen LogP contribution is -1.93. The van der Waals surface area contributed by atoms with Gasteiger partial charge >= 0.3 is 5.97 Å². The summed E-state index contributed by atoms with van der Waals surface area (Å²) in [6.07, 6.45) is 18.6. The lowest BCUT2D eigenvalue weighted by molar-refractivity contribution is -0.137. The third-order valence-corrected chi connectivity index (χ3v) is 4.68. The molecule has 1 unspecified atom stereocenters. The summed E-state index contributed by atoms with van der Waals surface area (Å²) in [6, 6.07) is 0. The standard InChI is InChI=1S/C22H44O2/c1-2-3-4-5-6-7-8-9-10-11-12-13-14-15-16-17-18-19-20-21-22(23)24/h2-21H2,1H3,(H,23,24)/i20D,21D2. The summed E-state index contributed by atoms with van der Waals surface area (Å²) >= 11 is 0. The van der Waals surface area contributed by atoms with Crippen LogP contribution in [0.15, 0.2) is 0 Å². The Labute approximate surface area is 156 Å². The molecule has 0 heterocycles. The van der Waals surface area contributed by atoms with Crippen molar-refractivity contribution in [3.63, 3.8) is 0 Å². The van der Waals surface area contributed by atoms with Crippen LogP contribution in [0, 0.1) is 0 Å². The van der Waals surface area contributed by atoms with Crippen molar-refractivity contribution in [3.05, 3.63) is 0 Å². The molecule has 0 aliphatic rings. The summed E-state index contributed by atoms with van der Waals surface area (Å²) in [5, 5.41) is 8.76. The first-order valence-electron chi connectivity index (χ1n) is 12.2. The van der Waals surface area contributed by atoms with E-state index in [0.29, 0.717) is 6.42 Å². The van der Waals surface area contributed by atoms with E-state index in [1.807, 2.05) is 0 Å². The monoisotopic (exact) mass is 343 g/mol. The number of carboxylic acid groups (broad SMARTS) is 1. The maximum atomic E-state index is 10.7. The SMILES string of the molecule is [2H]C(CCCCCCCCCCCCCCCCCCC)C([2H])([2H])C(=O)O. The van der Waals surface area contributed by atoms with E-state index in [1.165, 1.54) is 89.9 Å². The third-order valence-electron chi connectivity index (χ3n) is 4.68. The second-order valence-electron chi connectivity index (χ2n) is 7.10. The number of unbranched alkanes of at least 4 members (excludes halogenated alkanes) is 16. The van der Waals surface area contributed by atoms with E-state index in [2.05, 4.69) is 6.92 Å². The van der Waals surface area contributed by atoms with Crippen LogP contribution in [0.5, 0.6) is 0 Å². The van der Waals surface area contributed by atoms with Gasteiger partial charge in [0.05, 0.1) is 0 Å². The molecule has 0 spiro atoms. The molecule has 24 heavy (non-hydrogen) atoms. The van der Waals surface area contributed by atoms with Gasteiger partial charge in [-0.05, 0) is 6.40 Å². The molecular formula is C22H44O2. The lowest BCUT2D eigenvalue weighted by atomic mass is 10.0. The van der Waals surface area contributed by atoms with Crippen molar-refractivity contribution in [1.29, 1.82) is 0 Å². The van der Waals surface area contributed by atoms with E-state index < -0.39 is 18.7 Å². The van der Waals surface area contributed by atoms with Gasteiger partial charge in [0.25, 0.3) is 0 Å². The van der Waals surface area contributed by atoms with E-state index in [-0.39, 0.29) is 0 Å². The fourth-order valence-electron chi connectivity index (χ4n) is 3.13. The van der Waals surface area contributed by atoms with E-state index in [1.54, 1.807) is 0 Å². The topological polar surface area (TPSA) is 37.3 Å². The molecule has 2 nitrogen and oxygen atoms in total. The molecule has 0 aliphatic carbocycles. The van der Waals surface area contributed by atoms with Crippen LogP contribution in [-0.2, 0) is 4.79 Å². The van der Waals surface area contributed by atoms with Crippen LogP contribution in [0.2, 0.25) is 0 Å². The van der Waals surface area contributed by atoms with Crippen molar-refractivity contribution >= 4 is 5.97 Å². The fourth-order valence-corrected chi connectivity index (χ4v) is 3.13. The number of carboxylic acids is 1. The second kappa shape index (κ2) is 20.5. The first kappa shape index (κ1) is 18.3. The maximum absolute atomic E-state index is 10.7. The molecule has 0 aromatic carbocycles. The Hall–Kier alpha value is -0.530. The van der Waals surface area contributed by atoms with Crippen LogP contribution in [0.1, 0.15) is 139 Å². The van der Waals surface area contributed by atoms with Gasteiger partial charge in [0.1, 0.15) is 0 Å². The average molecular weight is 344 g/mol. The van der Waals surface area contributed by atoms with Crippen LogP contribution in [0.3, 0.4) is 0 Å². The number of aliphatic carboxylic acids is 1. The van der Waals surface area contributed by atoms with Gasteiger partial charge in [-0.15, -0.1) is 0 Å². The molecule has 0 radical (unpaired) electrons. The molecule has 144 valence electrons. The van der Waals surface area contributed by atoms with Crippen molar-refractivity contribution in [2.45, 2.75) is 135 Å². The van der Waals surface area contributed by atoms with Crippen molar-refractivity contribution in [3.8, 4) is 0 Å². The van der Waals surface area contributed by atoms with E-state index in [9.17, 15) is 4.79 Å². The Kier molecular flexibility index (Phi) is 15.6. The summed E-state index contributed by atoms with van der Waals surface area (Å²) in [5.41, 5.74) is 0. The van der Waals surface area contributed by atoms with Gasteiger partial charge in [-0.1, -0.05) is 122 Å². The maximum Gasteiger partial charge on any atom is 0.303 e. The Morgan fingerprint density at radius 3 is 1.21 bits per heavy atom. The quantitative estimate of drug-likeness (QED) is 0.228. The minimum absolute atomic E-state index is 0.331. The van der Waals surface area contributed by atoms with Crippen LogP contribution in [0.25, 0.3) is 0 Å². The first-order valence-corrected chi connectivity index (χ1v) is 10.6. The number of rotatable bonds is 20. The largest absolute Gasteiger partial charge is 0.481 e. The normalized spacial score (nSPS) is 14.8. The van der Waals surface area contributed by atoms with E-state index in [4.69, 9.17) is 9.22 Å². The zero-order valence-corrected chi connectivity index (χ0v) is 16.2. The van der Waals surface area contributed by atoms with Gasteiger partial charge in [0.15, 0.2) is 0 Å². The Morgan fingerprint density at radius 2 is 0.917 bits per heavy atom. The zero-order chi connectivity index (χ0) is 20.4. The first-order chi connectivity index (χ1) is 12.9. The smallest absolute Gasteiger partial charge is 0.303 e. The molecule has 0 saturated heterocycles. The third kappa shape index (κ3) is 21.5. The summed E-state index contributed by atoms with van der Waals surface area (Å²) in [7, 11) is 0. The molecule has 0 saturated carbocycles. The highest BCUT2D eigenvalue weighted by atomic mass is 16.4. The van der Waals surface area contributed by atoms with Crippen molar-refractivity contribution in [2.24, 2.45) is 0 Å².